The summed E-state index contributed by atoms with van der Waals surface area (Å²) in [4.78, 5) is 23.6. The van der Waals surface area contributed by atoms with E-state index in [4.69, 9.17) is 30.0 Å². The van der Waals surface area contributed by atoms with Crippen LogP contribution in [0.5, 0.6) is 5.88 Å². The van der Waals surface area contributed by atoms with Gasteiger partial charge < -0.3 is 29.7 Å². The molecular weight excluding hydrogens is 473 g/mol. The number of pyridine rings is 1. The van der Waals surface area contributed by atoms with Gasteiger partial charge in [0.1, 0.15) is 19.5 Å². The maximum Gasteiger partial charge on any atom is 0.471 e. The Morgan fingerprint density at radius 3 is 2.66 bits per heavy atom. The van der Waals surface area contributed by atoms with Gasteiger partial charge in [0.25, 0.3) is 0 Å². The molecule has 180 valence electrons. The van der Waals surface area contributed by atoms with Gasteiger partial charge in [0.2, 0.25) is 5.88 Å². The number of hydrogen-bond acceptors (Lipinski definition) is 9. The van der Waals surface area contributed by atoms with Crippen LogP contribution in [-0.4, -0.2) is 37.7 Å². The first-order valence-corrected chi connectivity index (χ1v) is 12.0. The van der Waals surface area contributed by atoms with E-state index in [1.165, 1.54) is 4.90 Å². The van der Waals surface area contributed by atoms with Crippen molar-refractivity contribution in [2.24, 2.45) is 5.73 Å². The number of phosphoric acid groups is 1. The van der Waals surface area contributed by atoms with Crippen molar-refractivity contribution in [2.45, 2.75) is 19.2 Å². The predicted octanol–water partition coefficient (Wildman–Crippen LogP) is 2.68. The average molecular weight is 495 g/mol. The highest BCUT2D eigenvalue weighted by Gasteiger charge is 2.25. The van der Waals surface area contributed by atoms with Gasteiger partial charge in [-0.05, 0) is 29.3 Å². The van der Waals surface area contributed by atoms with Crippen LogP contribution < -0.4 is 10.5 Å². The molecule has 4 rings (SSSR count). The summed E-state index contributed by atoms with van der Waals surface area (Å²) in [7, 11) is -4.62. The number of phosphoric ester groups is 1. The Labute approximate surface area is 200 Å². The van der Waals surface area contributed by atoms with Crippen molar-refractivity contribution in [2.75, 3.05) is 6.73 Å². The molecule has 2 aromatic heterocycles. The summed E-state index contributed by atoms with van der Waals surface area (Å²) in [6.45, 7) is -0.0454. The van der Waals surface area contributed by atoms with E-state index in [9.17, 15) is 4.57 Å². The Morgan fingerprint density at radius 1 is 1.20 bits per heavy atom. The molecule has 4 N–H and O–H groups in total. The van der Waals surface area contributed by atoms with Crippen LogP contribution in [-0.2, 0) is 22.1 Å². The third-order valence-corrected chi connectivity index (χ3v) is 5.55. The summed E-state index contributed by atoms with van der Waals surface area (Å²) < 4.78 is 26.6. The van der Waals surface area contributed by atoms with E-state index < -0.39 is 14.0 Å². The number of aromatic nitrogens is 2. The summed E-state index contributed by atoms with van der Waals surface area (Å²) in [6.07, 6.45) is 6.40. The van der Waals surface area contributed by atoms with E-state index in [2.05, 4.69) is 20.7 Å². The number of rotatable bonds is 9. The van der Waals surface area contributed by atoms with Gasteiger partial charge in [-0.3, -0.25) is 4.52 Å². The minimum Gasteiger partial charge on any atom is -0.473 e. The lowest BCUT2D eigenvalue weighted by Gasteiger charge is -2.30. The van der Waals surface area contributed by atoms with Crippen molar-refractivity contribution in [3.63, 3.8) is 0 Å². The van der Waals surface area contributed by atoms with E-state index in [0.717, 1.165) is 11.1 Å². The molecule has 12 heteroatoms. The van der Waals surface area contributed by atoms with Crippen LogP contribution in [0.2, 0.25) is 0 Å². The molecule has 0 radical (unpaired) electrons. The zero-order valence-electron chi connectivity index (χ0n) is 18.4. The highest BCUT2D eigenvalue weighted by molar-refractivity contribution is 7.46. The molecule has 0 saturated heterocycles. The molecule has 3 aromatic rings. The molecule has 0 spiro atoms. The summed E-state index contributed by atoms with van der Waals surface area (Å²) in [5.41, 5.74) is 9.87. The lowest BCUT2D eigenvalue weighted by atomic mass is 10.1. The summed E-state index contributed by atoms with van der Waals surface area (Å²) in [5, 5.41) is 13.0. The van der Waals surface area contributed by atoms with Crippen LogP contribution in [0, 0.1) is 11.3 Å². The maximum atomic E-state index is 11.0. The van der Waals surface area contributed by atoms with Crippen molar-refractivity contribution in [1.29, 1.82) is 5.26 Å². The molecule has 1 aliphatic heterocycles. The van der Waals surface area contributed by atoms with E-state index in [1.807, 2.05) is 18.2 Å². The Hall–Kier alpha value is -3.78. The molecule has 0 bridgehead atoms. The second-order valence-corrected chi connectivity index (χ2v) is 8.87. The largest absolute Gasteiger partial charge is 0.473 e. The quantitative estimate of drug-likeness (QED) is 0.373. The highest BCUT2D eigenvalue weighted by atomic mass is 31.2. The standard InChI is InChI=1S/C23H22N5O6P/c24-12-16-3-5-17(6-4-16)14-32-22-8-7-18(13-26-22)10-19-11-21(34-27-19)20-2-1-9-28(23(20)25)15-33-35(29,30)31/h1-9,11,13,23H,10,14-15,25H2,(H2,29,30,31). The fraction of sp³-hybridized carbons (Fsp3) is 0.174. The van der Waals surface area contributed by atoms with Gasteiger partial charge in [0.05, 0.1) is 17.3 Å². The molecular formula is C23H22N5O6P. The van der Waals surface area contributed by atoms with E-state index in [0.29, 0.717) is 41.5 Å². The zero-order valence-corrected chi connectivity index (χ0v) is 19.3. The molecule has 1 aromatic carbocycles. The maximum absolute atomic E-state index is 11.0. The summed E-state index contributed by atoms with van der Waals surface area (Å²) in [6, 6.07) is 14.6. The minimum atomic E-state index is -4.62. The molecule has 35 heavy (non-hydrogen) atoms. The molecule has 0 fully saturated rings. The Bertz CT molecular complexity index is 1310. The number of nitrogens with zero attached hydrogens (tertiary/aromatic N) is 4. The normalized spacial score (nSPS) is 15.5. The van der Waals surface area contributed by atoms with Crippen LogP contribution in [0.4, 0.5) is 0 Å². The van der Waals surface area contributed by atoms with E-state index >= 15 is 0 Å². The van der Waals surface area contributed by atoms with Crippen LogP contribution >= 0.6 is 7.82 Å². The fourth-order valence-corrected chi connectivity index (χ4v) is 3.58. The van der Waals surface area contributed by atoms with Gasteiger partial charge >= 0.3 is 7.82 Å². The van der Waals surface area contributed by atoms with Crippen molar-refractivity contribution in [1.82, 2.24) is 15.0 Å². The molecule has 1 aliphatic rings. The third kappa shape index (κ3) is 6.64. The molecule has 0 saturated carbocycles. The number of benzene rings is 1. The SMILES string of the molecule is N#Cc1ccc(COc2ccc(Cc3cc(C4=CC=CN(COP(=O)(O)O)C4N)on3)cn2)cc1. The average Bonchev–Trinajstić information content (AvgIpc) is 3.31. The second kappa shape index (κ2) is 10.7. The van der Waals surface area contributed by atoms with Crippen molar-refractivity contribution < 1.29 is 28.1 Å². The highest BCUT2D eigenvalue weighted by Crippen LogP contribution is 2.36. The van der Waals surface area contributed by atoms with Crippen LogP contribution in [0.25, 0.3) is 5.57 Å². The van der Waals surface area contributed by atoms with E-state index in [-0.39, 0.29) is 6.73 Å². The number of allylic oxidation sites excluding steroid dienone is 2. The summed E-state index contributed by atoms with van der Waals surface area (Å²) in [5.74, 6) is 0.912. The van der Waals surface area contributed by atoms with Crippen molar-refractivity contribution in [3.8, 4) is 11.9 Å². The monoisotopic (exact) mass is 495 g/mol. The molecule has 3 heterocycles. The molecule has 1 atom stereocenters. The number of hydrogen-bond donors (Lipinski definition) is 3. The minimum absolute atomic E-state index is 0.338. The van der Waals surface area contributed by atoms with Gasteiger partial charge in [-0.25, -0.2) is 9.55 Å². The van der Waals surface area contributed by atoms with Crippen LogP contribution in [0.15, 0.2) is 71.5 Å². The number of ether oxygens (including phenoxy) is 1. The zero-order chi connectivity index (χ0) is 24.8. The molecule has 0 aliphatic carbocycles. The lowest BCUT2D eigenvalue weighted by molar-refractivity contribution is 0.110. The van der Waals surface area contributed by atoms with Gasteiger partial charge in [0, 0.05) is 36.5 Å². The number of nitriles is 1. The smallest absolute Gasteiger partial charge is 0.471 e. The Morgan fingerprint density at radius 2 is 1.97 bits per heavy atom. The van der Waals surface area contributed by atoms with Gasteiger partial charge in [-0.2, -0.15) is 5.26 Å². The molecule has 11 nitrogen and oxygen atoms in total. The van der Waals surface area contributed by atoms with Gasteiger partial charge in [-0.1, -0.05) is 29.4 Å². The first-order chi connectivity index (χ1) is 16.8. The fourth-order valence-electron chi connectivity index (χ4n) is 3.29. The molecule has 1 unspecified atom stereocenters. The van der Waals surface area contributed by atoms with Crippen molar-refractivity contribution in [3.05, 3.63) is 95.2 Å². The number of nitrogens with two attached hydrogens (primary N) is 1. The first kappa shape index (κ1) is 24.3. The topological polar surface area (TPSA) is 168 Å². The van der Waals surface area contributed by atoms with Gasteiger partial charge in [-0.15, -0.1) is 0 Å². The Balaban J connectivity index is 1.33. The third-order valence-electron chi connectivity index (χ3n) is 5.10. The van der Waals surface area contributed by atoms with Crippen LogP contribution in [0.1, 0.15) is 28.1 Å². The van der Waals surface area contributed by atoms with E-state index in [1.54, 1.807) is 48.8 Å². The molecule has 0 amide bonds. The Kier molecular flexibility index (Phi) is 7.41. The lowest BCUT2D eigenvalue weighted by Crippen LogP contribution is -2.41. The predicted molar refractivity (Wildman–Crippen MR) is 124 cm³/mol. The van der Waals surface area contributed by atoms with Gasteiger partial charge in [0.15, 0.2) is 5.76 Å². The summed E-state index contributed by atoms with van der Waals surface area (Å²) >= 11 is 0. The first-order valence-electron chi connectivity index (χ1n) is 10.4. The second-order valence-electron chi connectivity index (χ2n) is 7.63. The van der Waals surface area contributed by atoms with Crippen LogP contribution in [0.3, 0.4) is 0 Å². The van der Waals surface area contributed by atoms with Crippen molar-refractivity contribution >= 4 is 13.4 Å².